The van der Waals surface area contributed by atoms with E-state index >= 15 is 0 Å². The first-order chi connectivity index (χ1) is 11.8. The lowest BCUT2D eigenvalue weighted by atomic mass is 10.1. The lowest BCUT2D eigenvalue weighted by Gasteiger charge is -2.08. The third-order valence-electron chi connectivity index (χ3n) is 3.74. The summed E-state index contributed by atoms with van der Waals surface area (Å²) in [4.78, 5) is 0. The van der Waals surface area contributed by atoms with E-state index < -0.39 is 0 Å². The van der Waals surface area contributed by atoms with Gasteiger partial charge in [0.15, 0.2) is 0 Å². The summed E-state index contributed by atoms with van der Waals surface area (Å²) < 4.78 is 5.89. The van der Waals surface area contributed by atoms with Gasteiger partial charge in [0.05, 0.1) is 6.61 Å². The van der Waals surface area contributed by atoms with Gasteiger partial charge in [-0.2, -0.15) is 0 Å². The van der Waals surface area contributed by atoms with E-state index in [2.05, 4.69) is 29.6 Å². The number of rotatable bonds is 7. The quantitative estimate of drug-likeness (QED) is 0.640. The lowest BCUT2D eigenvalue weighted by molar-refractivity contribution is 0.292. The van der Waals surface area contributed by atoms with Crippen molar-refractivity contribution in [1.29, 1.82) is 0 Å². The molecule has 0 aliphatic carbocycles. The molecule has 122 valence electrons. The number of ether oxygens (including phenoxy) is 1. The summed E-state index contributed by atoms with van der Waals surface area (Å²) in [5.74, 6) is 1.63. The molecule has 3 aromatic rings. The van der Waals surface area contributed by atoms with Gasteiger partial charge in [0.25, 0.3) is 0 Å². The highest BCUT2D eigenvalue weighted by Crippen LogP contribution is 2.25. The van der Waals surface area contributed by atoms with Gasteiger partial charge in [0.2, 0.25) is 0 Å². The van der Waals surface area contributed by atoms with Crippen LogP contribution in [0.5, 0.6) is 11.5 Å². The molecule has 0 bridgehead atoms. The van der Waals surface area contributed by atoms with E-state index in [9.17, 15) is 0 Å². The zero-order valence-corrected chi connectivity index (χ0v) is 13.5. The maximum Gasteiger partial charge on any atom is 0.127 e. The molecule has 0 atom stereocenters. The zero-order chi connectivity index (χ0) is 16.6. The molecule has 0 aliphatic heterocycles. The second-order valence-electron chi connectivity index (χ2n) is 5.54. The molecule has 0 fully saturated rings. The number of nitrogens with one attached hydrogen (secondary N) is 1. The van der Waals surface area contributed by atoms with Crippen molar-refractivity contribution in [3.63, 3.8) is 0 Å². The SMILES string of the molecule is OCCNCc1ccc(Oc2ccc(-c3ccccc3)cc2)cc1. The average Bonchev–Trinajstić information content (AvgIpc) is 2.65. The Morgan fingerprint density at radius 2 is 1.29 bits per heavy atom. The number of benzene rings is 3. The standard InChI is InChI=1S/C21H21NO2/c23-15-14-22-16-17-6-10-20(11-7-17)24-21-12-8-19(9-13-21)18-4-2-1-3-5-18/h1-13,22-23H,14-16H2. The molecule has 24 heavy (non-hydrogen) atoms. The summed E-state index contributed by atoms with van der Waals surface area (Å²) in [5.41, 5.74) is 3.53. The van der Waals surface area contributed by atoms with E-state index in [1.807, 2.05) is 54.6 Å². The Hall–Kier alpha value is -2.62. The van der Waals surface area contributed by atoms with Crippen LogP contribution in [0.2, 0.25) is 0 Å². The van der Waals surface area contributed by atoms with E-state index in [-0.39, 0.29) is 6.61 Å². The molecular weight excluding hydrogens is 298 g/mol. The van der Waals surface area contributed by atoms with Gasteiger partial charge in [-0.1, -0.05) is 54.6 Å². The Morgan fingerprint density at radius 3 is 1.92 bits per heavy atom. The first-order valence-corrected chi connectivity index (χ1v) is 8.09. The summed E-state index contributed by atoms with van der Waals surface area (Å²) in [6, 6.07) is 26.4. The van der Waals surface area contributed by atoms with E-state index in [0.29, 0.717) is 6.54 Å². The maximum absolute atomic E-state index is 8.76. The summed E-state index contributed by atoms with van der Waals surface area (Å²) in [6.07, 6.45) is 0. The lowest BCUT2D eigenvalue weighted by Crippen LogP contribution is -2.17. The van der Waals surface area contributed by atoms with Crippen LogP contribution < -0.4 is 10.1 Å². The van der Waals surface area contributed by atoms with Gasteiger partial charge < -0.3 is 15.2 Å². The van der Waals surface area contributed by atoms with Crippen molar-refractivity contribution >= 4 is 0 Å². The zero-order valence-electron chi connectivity index (χ0n) is 13.5. The van der Waals surface area contributed by atoms with Crippen molar-refractivity contribution in [3.05, 3.63) is 84.4 Å². The molecule has 0 saturated heterocycles. The van der Waals surface area contributed by atoms with Gasteiger partial charge in [-0.15, -0.1) is 0 Å². The summed E-state index contributed by atoms with van der Waals surface area (Å²) in [6.45, 7) is 1.50. The molecule has 0 spiro atoms. The first-order valence-electron chi connectivity index (χ1n) is 8.09. The van der Waals surface area contributed by atoms with Crippen molar-refractivity contribution < 1.29 is 9.84 Å². The van der Waals surface area contributed by atoms with Crippen LogP contribution in [0.25, 0.3) is 11.1 Å². The molecule has 2 N–H and O–H groups in total. The minimum absolute atomic E-state index is 0.153. The van der Waals surface area contributed by atoms with Crippen molar-refractivity contribution in [3.8, 4) is 22.6 Å². The van der Waals surface area contributed by atoms with Crippen LogP contribution in [0.15, 0.2) is 78.9 Å². The van der Waals surface area contributed by atoms with Gasteiger partial charge in [-0.25, -0.2) is 0 Å². The fraction of sp³-hybridized carbons (Fsp3) is 0.143. The van der Waals surface area contributed by atoms with Crippen molar-refractivity contribution in [2.24, 2.45) is 0 Å². The smallest absolute Gasteiger partial charge is 0.127 e. The van der Waals surface area contributed by atoms with Gasteiger partial charge in [-0.05, 0) is 41.0 Å². The van der Waals surface area contributed by atoms with Crippen LogP contribution in [-0.4, -0.2) is 18.3 Å². The highest BCUT2D eigenvalue weighted by molar-refractivity contribution is 5.64. The van der Waals surface area contributed by atoms with Gasteiger partial charge in [0, 0.05) is 13.1 Å². The molecule has 0 unspecified atom stereocenters. The van der Waals surface area contributed by atoms with E-state index in [4.69, 9.17) is 9.84 Å². The van der Waals surface area contributed by atoms with E-state index in [1.54, 1.807) is 0 Å². The third kappa shape index (κ3) is 4.44. The van der Waals surface area contributed by atoms with Crippen LogP contribution >= 0.6 is 0 Å². The average molecular weight is 319 g/mol. The molecule has 0 amide bonds. The van der Waals surface area contributed by atoms with Crippen LogP contribution in [0.3, 0.4) is 0 Å². The first kappa shape index (κ1) is 16.2. The largest absolute Gasteiger partial charge is 0.457 e. The van der Waals surface area contributed by atoms with Gasteiger partial charge >= 0.3 is 0 Å². The second-order valence-corrected chi connectivity index (χ2v) is 5.54. The number of hydrogen-bond acceptors (Lipinski definition) is 3. The van der Waals surface area contributed by atoms with Crippen LogP contribution in [0.1, 0.15) is 5.56 Å². The Labute approximate surface area is 142 Å². The number of hydrogen-bond donors (Lipinski definition) is 2. The third-order valence-corrected chi connectivity index (χ3v) is 3.74. The molecular formula is C21H21NO2. The normalized spacial score (nSPS) is 10.5. The van der Waals surface area contributed by atoms with Crippen LogP contribution in [0.4, 0.5) is 0 Å². The summed E-state index contributed by atoms with van der Waals surface area (Å²) in [7, 11) is 0. The van der Waals surface area contributed by atoms with Crippen LogP contribution in [-0.2, 0) is 6.54 Å². The highest BCUT2D eigenvalue weighted by Gasteiger charge is 2.00. The molecule has 3 aromatic carbocycles. The number of aliphatic hydroxyl groups excluding tert-OH is 1. The molecule has 3 rings (SSSR count). The predicted octanol–water partition coefficient (Wildman–Crippen LogP) is 4.23. The van der Waals surface area contributed by atoms with Gasteiger partial charge in [0.1, 0.15) is 11.5 Å². The Bertz CT molecular complexity index is 737. The Morgan fingerprint density at radius 1 is 0.708 bits per heavy atom. The van der Waals surface area contributed by atoms with Crippen molar-refractivity contribution in [2.75, 3.05) is 13.2 Å². The van der Waals surface area contributed by atoms with Crippen LogP contribution in [0, 0.1) is 0 Å². The molecule has 3 nitrogen and oxygen atoms in total. The van der Waals surface area contributed by atoms with Gasteiger partial charge in [-0.3, -0.25) is 0 Å². The molecule has 0 saturated carbocycles. The summed E-state index contributed by atoms with van der Waals surface area (Å²) in [5, 5.41) is 11.9. The molecule has 0 heterocycles. The Kier molecular flexibility index (Phi) is 5.61. The molecule has 3 heteroatoms. The van der Waals surface area contributed by atoms with Crippen molar-refractivity contribution in [1.82, 2.24) is 5.32 Å². The Balaban J connectivity index is 1.61. The monoisotopic (exact) mass is 319 g/mol. The fourth-order valence-corrected chi connectivity index (χ4v) is 2.47. The number of aliphatic hydroxyl groups is 1. The predicted molar refractivity (Wildman–Crippen MR) is 97.2 cm³/mol. The summed E-state index contributed by atoms with van der Waals surface area (Å²) >= 11 is 0. The highest BCUT2D eigenvalue weighted by atomic mass is 16.5. The minimum Gasteiger partial charge on any atom is -0.457 e. The maximum atomic E-state index is 8.76. The van der Waals surface area contributed by atoms with Crippen molar-refractivity contribution in [2.45, 2.75) is 6.54 Å². The molecule has 0 radical (unpaired) electrons. The minimum atomic E-state index is 0.153. The second kappa shape index (κ2) is 8.29. The molecule has 0 aliphatic rings. The van der Waals surface area contributed by atoms with E-state index in [1.165, 1.54) is 11.1 Å². The molecule has 0 aromatic heterocycles. The van der Waals surface area contributed by atoms with E-state index in [0.717, 1.165) is 23.6 Å². The topological polar surface area (TPSA) is 41.5 Å². The fourth-order valence-electron chi connectivity index (χ4n) is 2.47.